The Morgan fingerprint density at radius 1 is 1.20 bits per heavy atom. The normalized spacial score (nSPS) is 11.3. The molecule has 0 fully saturated rings. The number of amides is 1. The molecule has 2 rings (SSSR count). The number of halogens is 1. The van der Waals surface area contributed by atoms with Crippen molar-refractivity contribution in [2.75, 3.05) is 0 Å². The molecule has 10 heteroatoms. The van der Waals surface area contributed by atoms with Crippen LogP contribution in [0.15, 0.2) is 30.5 Å². The minimum Gasteiger partial charge on any atom is -0.505 e. The smallest absolute Gasteiger partial charge is 0.297 e. The van der Waals surface area contributed by atoms with E-state index >= 15 is 0 Å². The molecule has 1 aromatic carbocycles. The zero-order valence-electron chi connectivity index (χ0n) is 12.8. The van der Waals surface area contributed by atoms with Crippen LogP contribution in [-0.2, 0) is 27.9 Å². The van der Waals surface area contributed by atoms with E-state index in [2.05, 4.69) is 4.98 Å². The monoisotopic (exact) mass is 370 g/mol. The van der Waals surface area contributed by atoms with Crippen LogP contribution in [0, 0.1) is 5.82 Å². The molecule has 2 aromatic rings. The summed E-state index contributed by atoms with van der Waals surface area (Å²) in [7, 11) is -3.72. The molecule has 0 unspecified atom stereocenters. The van der Waals surface area contributed by atoms with Crippen LogP contribution in [0.4, 0.5) is 4.39 Å². The molecule has 0 saturated carbocycles. The van der Waals surface area contributed by atoms with Crippen LogP contribution >= 0.6 is 0 Å². The summed E-state index contributed by atoms with van der Waals surface area (Å²) in [5.41, 5.74) is 0.939. The lowest BCUT2D eigenvalue weighted by molar-refractivity contribution is 0.0697. The number of nitrogens with zero attached hydrogens (tertiary/aromatic N) is 1. The summed E-state index contributed by atoms with van der Waals surface area (Å²) in [5.74, 6) is -3.24. The molecule has 25 heavy (non-hydrogen) atoms. The third kappa shape index (κ3) is 4.50. The fourth-order valence-corrected chi connectivity index (χ4v) is 3.74. The van der Waals surface area contributed by atoms with Gasteiger partial charge in [0.1, 0.15) is 5.82 Å². The number of sulfone groups is 1. The largest absolute Gasteiger partial charge is 0.505 e. The Morgan fingerprint density at radius 2 is 1.84 bits per heavy atom. The summed E-state index contributed by atoms with van der Waals surface area (Å²) < 4.78 is 37.5. The number of hydrogen-bond donors (Lipinski definition) is 4. The summed E-state index contributed by atoms with van der Waals surface area (Å²) in [6, 6.07) is 4.95. The predicted octanol–water partition coefficient (Wildman–Crippen LogP) is 0.653. The second kappa shape index (κ2) is 7.55. The number of rotatable bonds is 6. The summed E-state index contributed by atoms with van der Waals surface area (Å²) in [5, 5.41) is 27.9. The van der Waals surface area contributed by atoms with Gasteiger partial charge >= 0.3 is 0 Å². The average molecular weight is 370 g/mol. The van der Waals surface area contributed by atoms with Gasteiger partial charge in [-0.3, -0.25) is 10.0 Å². The Hall–Kier alpha value is -2.56. The van der Waals surface area contributed by atoms with E-state index in [9.17, 15) is 27.8 Å². The van der Waals surface area contributed by atoms with Crippen LogP contribution in [0.3, 0.4) is 0 Å². The lowest BCUT2D eigenvalue weighted by atomic mass is 10.1. The van der Waals surface area contributed by atoms with E-state index in [1.165, 1.54) is 17.6 Å². The van der Waals surface area contributed by atoms with Crippen molar-refractivity contribution < 1.29 is 33.0 Å². The first-order chi connectivity index (χ1) is 11.8. The molecule has 0 spiro atoms. The molecule has 0 aliphatic rings. The number of aliphatic hydroxyl groups is 1. The summed E-state index contributed by atoms with van der Waals surface area (Å²) >= 11 is 0. The number of hydroxylamine groups is 1. The van der Waals surface area contributed by atoms with Gasteiger partial charge in [0, 0.05) is 11.8 Å². The minimum atomic E-state index is -3.72. The molecule has 134 valence electrons. The zero-order valence-corrected chi connectivity index (χ0v) is 13.6. The van der Waals surface area contributed by atoms with E-state index in [-0.39, 0.29) is 16.9 Å². The molecule has 0 saturated heterocycles. The second-order valence-corrected chi connectivity index (χ2v) is 7.28. The Kier molecular flexibility index (Phi) is 5.67. The SMILES string of the molecule is O=C(NO)c1ncc(CS(=O)(=O)Cc2ccc(F)cc2)c(CO)c1O. The van der Waals surface area contributed by atoms with Gasteiger partial charge in [-0.1, -0.05) is 12.1 Å². The number of nitrogens with one attached hydrogen (secondary N) is 1. The highest BCUT2D eigenvalue weighted by Gasteiger charge is 2.22. The Bertz CT molecular complexity index is 884. The van der Waals surface area contributed by atoms with Gasteiger partial charge in [-0.05, 0) is 23.3 Å². The molecule has 1 heterocycles. The highest BCUT2D eigenvalue weighted by atomic mass is 32.2. The van der Waals surface area contributed by atoms with E-state index < -0.39 is 45.4 Å². The molecule has 0 radical (unpaired) electrons. The topological polar surface area (TPSA) is 137 Å². The van der Waals surface area contributed by atoms with Gasteiger partial charge < -0.3 is 10.2 Å². The summed E-state index contributed by atoms with van der Waals surface area (Å²) in [6.07, 6.45) is 1.03. The van der Waals surface area contributed by atoms with E-state index in [1.54, 1.807) is 0 Å². The number of benzene rings is 1. The lowest BCUT2D eigenvalue weighted by Crippen LogP contribution is -2.21. The van der Waals surface area contributed by atoms with Gasteiger partial charge in [-0.15, -0.1) is 0 Å². The van der Waals surface area contributed by atoms with E-state index in [0.29, 0.717) is 5.56 Å². The number of aliphatic hydroxyl groups excluding tert-OH is 1. The quantitative estimate of drug-likeness (QED) is 0.433. The van der Waals surface area contributed by atoms with Crippen LogP contribution < -0.4 is 5.48 Å². The van der Waals surface area contributed by atoms with Gasteiger partial charge in [0.05, 0.1) is 18.1 Å². The predicted molar refractivity (Wildman–Crippen MR) is 83.8 cm³/mol. The Labute approximate surface area is 142 Å². The number of carbonyl (C=O) groups is 1. The van der Waals surface area contributed by atoms with Crippen molar-refractivity contribution in [2.24, 2.45) is 0 Å². The molecule has 0 bridgehead atoms. The Morgan fingerprint density at radius 3 is 2.40 bits per heavy atom. The van der Waals surface area contributed by atoms with Crippen LogP contribution in [0.25, 0.3) is 0 Å². The van der Waals surface area contributed by atoms with Crippen LogP contribution in [0.2, 0.25) is 0 Å². The van der Waals surface area contributed by atoms with E-state index in [1.807, 2.05) is 0 Å². The van der Waals surface area contributed by atoms with Crippen molar-refractivity contribution in [1.29, 1.82) is 0 Å². The van der Waals surface area contributed by atoms with Crippen molar-refractivity contribution in [1.82, 2.24) is 10.5 Å². The van der Waals surface area contributed by atoms with Crippen molar-refractivity contribution in [2.45, 2.75) is 18.1 Å². The number of carbonyl (C=O) groups excluding carboxylic acids is 1. The van der Waals surface area contributed by atoms with Crippen molar-refractivity contribution in [3.8, 4) is 5.75 Å². The molecule has 0 atom stereocenters. The second-order valence-electron chi connectivity index (χ2n) is 5.22. The van der Waals surface area contributed by atoms with Gasteiger partial charge in [0.2, 0.25) is 0 Å². The third-order valence-electron chi connectivity index (χ3n) is 3.40. The van der Waals surface area contributed by atoms with E-state index in [4.69, 9.17) is 5.21 Å². The Balaban J connectivity index is 2.30. The molecule has 1 amide bonds. The maximum atomic E-state index is 12.9. The lowest BCUT2D eigenvalue weighted by Gasteiger charge is -2.12. The van der Waals surface area contributed by atoms with Gasteiger partial charge in [0.25, 0.3) is 5.91 Å². The first-order valence-corrected chi connectivity index (χ1v) is 8.79. The highest BCUT2D eigenvalue weighted by Crippen LogP contribution is 2.26. The first-order valence-electron chi connectivity index (χ1n) is 6.97. The van der Waals surface area contributed by atoms with Crippen LogP contribution in [0.5, 0.6) is 5.75 Å². The summed E-state index contributed by atoms with van der Waals surface area (Å²) in [6.45, 7) is -0.735. The zero-order chi connectivity index (χ0) is 18.6. The third-order valence-corrected chi connectivity index (χ3v) is 4.92. The maximum absolute atomic E-state index is 12.9. The molecule has 1 aromatic heterocycles. The standard InChI is InChI=1S/C15H15FN2O6S/c16-11-3-1-9(2-4-11)7-25(23,24)8-10-5-17-13(15(21)18-22)14(20)12(10)6-19/h1-5,19-20,22H,6-8H2,(H,18,21). The molecule has 0 aliphatic heterocycles. The van der Waals surface area contributed by atoms with Crippen molar-refractivity contribution in [3.63, 3.8) is 0 Å². The van der Waals surface area contributed by atoms with Gasteiger partial charge in [-0.2, -0.15) is 0 Å². The number of hydrogen-bond acceptors (Lipinski definition) is 7. The number of aromatic hydroxyl groups is 1. The van der Waals surface area contributed by atoms with E-state index in [0.717, 1.165) is 18.3 Å². The fraction of sp³-hybridized carbons (Fsp3) is 0.200. The van der Waals surface area contributed by atoms with Crippen molar-refractivity contribution in [3.05, 3.63) is 58.7 Å². The molecular weight excluding hydrogens is 355 g/mol. The summed E-state index contributed by atoms with van der Waals surface area (Å²) in [4.78, 5) is 15.0. The van der Waals surface area contributed by atoms with Gasteiger partial charge in [-0.25, -0.2) is 23.3 Å². The van der Waals surface area contributed by atoms with Gasteiger partial charge in [0.15, 0.2) is 21.3 Å². The van der Waals surface area contributed by atoms with Crippen LogP contribution in [0.1, 0.15) is 27.2 Å². The number of aromatic nitrogens is 1. The fourth-order valence-electron chi connectivity index (χ4n) is 2.22. The average Bonchev–Trinajstić information content (AvgIpc) is 2.56. The highest BCUT2D eigenvalue weighted by molar-refractivity contribution is 7.89. The first kappa shape index (κ1) is 18.8. The maximum Gasteiger partial charge on any atom is 0.297 e. The molecule has 0 aliphatic carbocycles. The number of pyridine rings is 1. The van der Waals surface area contributed by atoms with Crippen molar-refractivity contribution >= 4 is 15.7 Å². The van der Waals surface area contributed by atoms with Crippen LogP contribution in [-0.4, -0.2) is 34.7 Å². The minimum absolute atomic E-state index is 0.0107. The molecule has 8 nitrogen and oxygen atoms in total. The molecular formula is C15H15FN2O6S. The molecule has 4 N–H and O–H groups in total.